The number of methoxy groups -OCH3 is 3. The minimum Gasteiger partial charge on any atom is -0.496 e. The first kappa shape index (κ1) is 31.4. The lowest BCUT2D eigenvalue weighted by Gasteiger charge is -2.37. The third-order valence-electron chi connectivity index (χ3n) is 8.84. The number of nitrogens with one attached hydrogen (secondary N) is 2. The minimum absolute atomic E-state index is 0.0303. The predicted molar refractivity (Wildman–Crippen MR) is 157 cm³/mol. The summed E-state index contributed by atoms with van der Waals surface area (Å²) in [4.78, 5) is 43.2. The molecule has 44 heavy (non-hydrogen) atoms. The molecule has 1 saturated heterocycles. The number of amides is 4. The van der Waals surface area contributed by atoms with Crippen LogP contribution in [0.25, 0.3) is 0 Å². The van der Waals surface area contributed by atoms with Crippen LogP contribution in [0, 0.1) is 11.6 Å². The van der Waals surface area contributed by atoms with Crippen molar-refractivity contribution in [1.29, 1.82) is 0 Å². The maximum Gasteiger partial charge on any atom is 0.338 e. The Labute approximate surface area is 255 Å². The van der Waals surface area contributed by atoms with Crippen LogP contribution in [-0.2, 0) is 14.3 Å². The molecule has 4 amide bonds. The number of hydrogen-bond acceptors (Lipinski definition) is 7. The molecule has 12 heteroatoms. The summed E-state index contributed by atoms with van der Waals surface area (Å²) in [7, 11) is 4.22. The number of likely N-dealkylation sites (tertiary alicyclic amines) is 1. The molecule has 0 spiro atoms. The molecule has 2 aliphatic heterocycles. The van der Waals surface area contributed by atoms with E-state index in [1.165, 1.54) is 18.7 Å². The molecular formula is C32H38F2N4O6. The summed E-state index contributed by atoms with van der Waals surface area (Å²) in [6.07, 6.45) is 4.79. The van der Waals surface area contributed by atoms with Gasteiger partial charge in [0.2, 0.25) is 0 Å². The van der Waals surface area contributed by atoms with Crippen molar-refractivity contribution in [3.63, 3.8) is 0 Å². The topological polar surface area (TPSA) is 109 Å². The molecule has 10 nitrogen and oxygen atoms in total. The number of carbonyl (C=O) groups excluding carboxylic acids is 3. The molecular weight excluding hydrogens is 574 g/mol. The number of imide groups is 1. The lowest BCUT2D eigenvalue weighted by molar-refractivity contribution is -0.137. The number of benzene rings is 2. The first-order valence-electron chi connectivity index (χ1n) is 14.8. The SMILES string of the molecule is COCC1=C(C(=O)OC)[C@H](c2ccc(F)c(F)c2)N(C(=O)N[C@@H]2CCN([C@H]3CC[C@@H](c4ccccc4OC)CC3)C2)C(=O)N1. The van der Waals surface area contributed by atoms with Crippen LogP contribution in [0.4, 0.5) is 18.4 Å². The maximum atomic E-state index is 14.4. The van der Waals surface area contributed by atoms with Gasteiger partial charge in [-0.05, 0) is 67.3 Å². The highest BCUT2D eigenvalue weighted by molar-refractivity contribution is 6.01. The number of rotatable bonds is 8. The van der Waals surface area contributed by atoms with E-state index in [0.29, 0.717) is 24.9 Å². The molecule has 2 aromatic carbocycles. The van der Waals surface area contributed by atoms with Gasteiger partial charge in [0.15, 0.2) is 11.6 Å². The largest absolute Gasteiger partial charge is 0.496 e. The van der Waals surface area contributed by atoms with Crippen molar-refractivity contribution >= 4 is 18.0 Å². The first-order valence-corrected chi connectivity index (χ1v) is 14.8. The first-order chi connectivity index (χ1) is 21.2. The lowest BCUT2D eigenvalue weighted by Crippen LogP contribution is -2.56. The van der Waals surface area contributed by atoms with Crippen molar-refractivity contribution in [2.75, 3.05) is 41.0 Å². The van der Waals surface area contributed by atoms with Crippen molar-refractivity contribution in [2.45, 2.75) is 56.1 Å². The van der Waals surface area contributed by atoms with E-state index in [4.69, 9.17) is 14.2 Å². The highest BCUT2D eigenvalue weighted by Crippen LogP contribution is 2.40. The monoisotopic (exact) mass is 612 g/mol. The number of para-hydroxylation sites is 1. The number of hydrogen-bond donors (Lipinski definition) is 2. The van der Waals surface area contributed by atoms with Crippen LogP contribution < -0.4 is 15.4 Å². The Bertz CT molecular complexity index is 1430. The molecule has 2 atom stereocenters. The molecule has 5 rings (SSSR count). The zero-order valence-corrected chi connectivity index (χ0v) is 25.1. The fourth-order valence-electron chi connectivity index (χ4n) is 6.72. The second-order valence-electron chi connectivity index (χ2n) is 11.4. The molecule has 2 fully saturated rings. The van der Waals surface area contributed by atoms with Gasteiger partial charge in [0, 0.05) is 32.3 Å². The second-order valence-corrected chi connectivity index (χ2v) is 11.4. The van der Waals surface area contributed by atoms with E-state index in [0.717, 1.165) is 62.1 Å². The zero-order chi connectivity index (χ0) is 31.4. The summed E-state index contributed by atoms with van der Waals surface area (Å²) in [5, 5.41) is 5.49. The van der Waals surface area contributed by atoms with E-state index in [1.807, 2.05) is 18.2 Å². The fraction of sp³-hybridized carbons (Fsp3) is 0.469. The molecule has 1 aliphatic carbocycles. The van der Waals surface area contributed by atoms with Crippen LogP contribution in [0.1, 0.15) is 55.2 Å². The van der Waals surface area contributed by atoms with Gasteiger partial charge in [0.1, 0.15) is 11.8 Å². The third kappa shape index (κ3) is 6.41. The van der Waals surface area contributed by atoms with Crippen molar-refractivity contribution in [1.82, 2.24) is 20.4 Å². The van der Waals surface area contributed by atoms with Crippen LogP contribution in [0.5, 0.6) is 5.75 Å². The van der Waals surface area contributed by atoms with Gasteiger partial charge in [-0.15, -0.1) is 0 Å². The highest BCUT2D eigenvalue weighted by atomic mass is 19.2. The van der Waals surface area contributed by atoms with Gasteiger partial charge >= 0.3 is 18.0 Å². The Morgan fingerprint density at radius 2 is 1.75 bits per heavy atom. The zero-order valence-electron chi connectivity index (χ0n) is 25.1. The van der Waals surface area contributed by atoms with Crippen LogP contribution >= 0.6 is 0 Å². The lowest BCUT2D eigenvalue weighted by atomic mass is 9.81. The second kappa shape index (κ2) is 13.7. The van der Waals surface area contributed by atoms with Gasteiger partial charge < -0.3 is 24.8 Å². The number of carbonyl (C=O) groups is 3. The molecule has 2 N–H and O–H groups in total. The number of ether oxygens (including phenoxy) is 3. The Kier molecular flexibility index (Phi) is 9.80. The number of urea groups is 2. The van der Waals surface area contributed by atoms with Crippen molar-refractivity contribution in [2.24, 2.45) is 0 Å². The predicted octanol–water partition coefficient (Wildman–Crippen LogP) is 4.62. The fourth-order valence-corrected chi connectivity index (χ4v) is 6.72. The average Bonchev–Trinajstić information content (AvgIpc) is 3.50. The molecule has 1 saturated carbocycles. The summed E-state index contributed by atoms with van der Waals surface area (Å²) < 4.78 is 43.9. The summed E-state index contributed by atoms with van der Waals surface area (Å²) in [5.74, 6) is -1.78. The molecule has 2 heterocycles. The van der Waals surface area contributed by atoms with Crippen LogP contribution in [-0.4, -0.2) is 80.9 Å². The van der Waals surface area contributed by atoms with Gasteiger partial charge in [-0.3, -0.25) is 4.90 Å². The number of nitrogens with zero attached hydrogens (tertiary/aromatic N) is 2. The van der Waals surface area contributed by atoms with E-state index >= 15 is 0 Å². The van der Waals surface area contributed by atoms with Gasteiger partial charge in [-0.1, -0.05) is 24.3 Å². The van der Waals surface area contributed by atoms with E-state index in [1.54, 1.807) is 7.11 Å². The summed E-state index contributed by atoms with van der Waals surface area (Å²) >= 11 is 0. The van der Waals surface area contributed by atoms with Gasteiger partial charge in [0.25, 0.3) is 0 Å². The Hall–Kier alpha value is -4.03. The Morgan fingerprint density at radius 1 is 1.00 bits per heavy atom. The third-order valence-corrected chi connectivity index (χ3v) is 8.84. The van der Waals surface area contributed by atoms with Crippen molar-refractivity contribution in [3.05, 3.63) is 76.5 Å². The number of halogens is 2. The van der Waals surface area contributed by atoms with E-state index in [2.05, 4.69) is 21.6 Å². The van der Waals surface area contributed by atoms with E-state index in [-0.39, 0.29) is 29.5 Å². The maximum absolute atomic E-state index is 14.4. The molecule has 3 aliphatic rings. The van der Waals surface area contributed by atoms with Crippen LogP contribution in [0.15, 0.2) is 53.7 Å². The summed E-state index contributed by atoms with van der Waals surface area (Å²) in [6, 6.07) is 8.29. The molecule has 0 bridgehead atoms. The molecule has 2 aromatic rings. The Balaban J connectivity index is 1.30. The molecule has 0 unspecified atom stereocenters. The molecule has 0 radical (unpaired) electrons. The smallest absolute Gasteiger partial charge is 0.338 e. The van der Waals surface area contributed by atoms with Gasteiger partial charge in [0.05, 0.1) is 32.1 Å². The summed E-state index contributed by atoms with van der Waals surface area (Å²) in [5.41, 5.74) is 1.22. The molecule has 236 valence electrons. The molecule has 0 aromatic heterocycles. The van der Waals surface area contributed by atoms with E-state index < -0.39 is 35.7 Å². The van der Waals surface area contributed by atoms with Gasteiger partial charge in [-0.25, -0.2) is 28.1 Å². The van der Waals surface area contributed by atoms with Crippen molar-refractivity contribution in [3.8, 4) is 5.75 Å². The van der Waals surface area contributed by atoms with Gasteiger partial charge in [-0.2, -0.15) is 0 Å². The van der Waals surface area contributed by atoms with Crippen LogP contribution in [0.3, 0.4) is 0 Å². The normalized spacial score (nSPS) is 24.2. The Morgan fingerprint density at radius 3 is 2.43 bits per heavy atom. The van der Waals surface area contributed by atoms with E-state index in [9.17, 15) is 23.2 Å². The standard InChI is InChI=1S/C32H38F2N4O6/c1-42-18-26-28(30(39)44-3)29(20-10-13-24(33)25(34)16-20)38(32(41)36-26)31(40)35-21-14-15-37(17-21)22-11-8-19(9-12-22)23-6-4-5-7-27(23)43-2/h4-7,10,13,16,19,21-22,29H,8-9,11-12,14-15,17-18H2,1-3H3,(H,35,40)(H,36,41)/t19-,21-,22+,29+/m1/s1. The van der Waals surface area contributed by atoms with Crippen LogP contribution in [0.2, 0.25) is 0 Å². The minimum atomic E-state index is -1.38. The number of esters is 1. The average molecular weight is 613 g/mol. The summed E-state index contributed by atoms with van der Waals surface area (Å²) in [6.45, 7) is 1.22. The highest BCUT2D eigenvalue weighted by Gasteiger charge is 2.44. The van der Waals surface area contributed by atoms with Crippen molar-refractivity contribution < 1.29 is 37.4 Å². The quantitative estimate of drug-likeness (QED) is 0.419.